The van der Waals surface area contributed by atoms with Gasteiger partial charge in [-0.2, -0.15) is 0 Å². The Labute approximate surface area is 121 Å². The predicted molar refractivity (Wildman–Crippen MR) is 83.0 cm³/mol. The second-order valence-corrected chi connectivity index (χ2v) is 5.42. The molecule has 0 bridgehead atoms. The molecule has 20 heavy (non-hydrogen) atoms. The number of nitrogens with one attached hydrogen (secondary N) is 2. The molecule has 0 radical (unpaired) electrons. The Bertz CT molecular complexity index is 419. The molecule has 0 saturated carbocycles. The van der Waals surface area contributed by atoms with Crippen molar-refractivity contribution in [3.63, 3.8) is 0 Å². The lowest BCUT2D eigenvalue weighted by Crippen LogP contribution is -2.20. The Hall–Kier alpha value is -1.55. The summed E-state index contributed by atoms with van der Waals surface area (Å²) in [6, 6.07) is 8.11. The minimum atomic E-state index is -0.398. The molecule has 0 aliphatic rings. The second-order valence-electron chi connectivity index (χ2n) is 5.42. The zero-order chi connectivity index (χ0) is 15.0. The summed E-state index contributed by atoms with van der Waals surface area (Å²) in [6.45, 7) is 9.69. The Morgan fingerprint density at radius 2 is 2.05 bits per heavy atom. The van der Waals surface area contributed by atoms with Gasteiger partial charge in [0.1, 0.15) is 0 Å². The number of hydrogen-bond donors (Lipinski definition) is 2. The largest absolute Gasteiger partial charge is 0.449 e. The molecule has 0 aromatic heterocycles. The number of carbonyl (C=O) groups excluding carboxylic acids is 1. The Morgan fingerprint density at radius 3 is 2.70 bits per heavy atom. The number of hydrogen-bond acceptors (Lipinski definition) is 3. The van der Waals surface area contributed by atoms with E-state index in [2.05, 4.69) is 30.5 Å². The molecule has 0 spiro atoms. The standard InChI is InChI=1S/C16H26N2O2/c1-5-9-17-13(4)14-7-6-8-15(10-14)18-16(19)20-11-12(2)3/h6-8,10,12-13,17H,5,9,11H2,1-4H3,(H,18,19). The van der Waals surface area contributed by atoms with E-state index in [9.17, 15) is 4.79 Å². The van der Waals surface area contributed by atoms with E-state index in [0.29, 0.717) is 12.5 Å². The molecule has 0 saturated heterocycles. The summed E-state index contributed by atoms with van der Waals surface area (Å²) in [7, 11) is 0. The minimum absolute atomic E-state index is 0.267. The normalized spacial score (nSPS) is 12.2. The molecule has 4 nitrogen and oxygen atoms in total. The predicted octanol–water partition coefficient (Wildman–Crippen LogP) is 3.95. The van der Waals surface area contributed by atoms with Gasteiger partial charge < -0.3 is 10.1 Å². The highest BCUT2D eigenvalue weighted by Crippen LogP contribution is 2.17. The molecule has 0 fully saturated rings. The van der Waals surface area contributed by atoms with Crippen LogP contribution in [0.15, 0.2) is 24.3 Å². The van der Waals surface area contributed by atoms with E-state index >= 15 is 0 Å². The van der Waals surface area contributed by atoms with Crippen LogP contribution in [0.3, 0.4) is 0 Å². The van der Waals surface area contributed by atoms with Crippen molar-refractivity contribution in [3.8, 4) is 0 Å². The summed E-state index contributed by atoms with van der Waals surface area (Å²) < 4.78 is 5.11. The molecule has 112 valence electrons. The number of benzene rings is 1. The van der Waals surface area contributed by atoms with Gasteiger partial charge in [0.15, 0.2) is 0 Å². The van der Waals surface area contributed by atoms with E-state index in [1.54, 1.807) is 0 Å². The lowest BCUT2D eigenvalue weighted by molar-refractivity contribution is 0.147. The molecule has 1 rings (SSSR count). The van der Waals surface area contributed by atoms with E-state index in [-0.39, 0.29) is 6.04 Å². The molecule has 0 aliphatic carbocycles. The maximum Gasteiger partial charge on any atom is 0.411 e. The van der Waals surface area contributed by atoms with Crippen molar-refractivity contribution in [3.05, 3.63) is 29.8 Å². The lowest BCUT2D eigenvalue weighted by atomic mass is 10.1. The highest BCUT2D eigenvalue weighted by atomic mass is 16.5. The summed E-state index contributed by atoms with van der Waals surface area (Å²) in [4.78, 5) is 11.6. The van der Waals surface area contributed by atoms with Crippen molar-refractivity contribution < 1.29 is 9.53 Å². The van der Waals surface area contributed by atoms with Crippen LogP contribution in [0.1, 0.15) is 45.7 Å². The third-order valence-electron chi connectivity index (χ3n) is 2.88. The van der Waals surface area contributed by atoms with Gasteiger partial charge in [-0.3, -0.25) is 5.32 Å². The fraction of sp³-hybridized carbons (Fsp3) is 0.562. The highest BCUT2D eigenvalue weighted by Gasteiger charge is 2.08. The third-order valence-corrected chi connectivity index (χ3v) is 2.88. The molecule has 1 amide bonds. The molecule has 1 aromatic rings. The zero-order valence-corrected chi connectivity index (χ0v) is 12.9. The minimum Gasteiger partial charge on any atom is -0.449 e. The maximum atomic E-state index is 11.6. The summed E-state index contributed by atoms with van der Waals surface area (Å²) in [6.07, 6.45) is 0.703. The van der Waals surface area contributed by atoms with Gasteiger partial charge in [0.25, 0.3) is 0 Å². The van der Waals surface area contributed by atoms with Crippen LogP contribution in [0.4, 0.5) is 10.5 Å². The fourth-order valence-electron chi connectivity index (χ4n) is 1.76. The molecule has 1 unspecified atom stereocenters. The molecule has 4 heteroatoms. The van der Waals surface area contributed by atoms with Crippen molar-refractivity contribution in [1.29, 1.82) is 0 Å². The van der Waals surface area contributed by atoms with Gasteiger partial charge in [-0.15, -0.1) is 0 Å². The van der Waals surface area contributed by atoms with Gasteiger partial charge >= 0.3 is 6.09 Å². The average Bonchev–Trinajstić information content (AvgIpc) is 2.42. The van der Waals surface area contributed by atoms with Gasteiger partial charge in [-0.1, -0.05) is 32.9 Å². The summed E-state index contributed by atoms with van der Waals surface area (Å²) >= 11 is 0. The number of carbonyl (C=O) groups is 1. The van der Waals surface area contributed by atoms with Crippen LogP contribution in [-0.4, -0.2) is 19.2 Å². The number of anilines is 1. The fourth-order valence-corrected chi connectivity index (χ4v) is 1.76. The number of amides is 1. The van der Waals surface area contributed by atoms with Gasteiger partial charge in [0.05, 0.1) is 6.61 Å². The Balaban J connectivity index is 2.56. The van der Waals surface area contributed by atoms with Gasteiger partial charge in [-0.05, 0) is 43.5 Å². The first kappa shape index (κ1) is 16.5. The van der Waals surface area contributed by atoms with E-state index < -0.39 is 6.09 Å². The second kappa shape index (κ2) is 8.59. The van der Waals surface area contributed by atoms with Crippen LogP contribution in [0.2, 0.25) is 0 Å². The lowest BCUT2D eigenvalue weighted by Gasteiger charge is -2.15. The third kappa shape index (κ3) is 6.06. The van der Waals surface area contributed by atoms with Crippen molar-refractivity contribution in [2.75, 3.05) is 18.5 Å². The first-order valence-electron chi connectivity index (χ1n) is 7.30. The van der Waals surface area contributed by atoms with Crippen LogP contribution in [0.5, 0.6) is 0 Å². The first-order valence-corrected chi connectivity index (χ1v) is 7.30. The van der Waals surface area contributed by atoms with Crippen molar-refractivity contribution in [1.82, 2.24) is 5.32 Å². The number of ether oxygens (including phenoxy) is 1. The van der Waals surface area contributed by atoms with E-state index in [0.717, 1.165) is 24.2 Å². The van der Waals surface area contributed by atoms with Crippen LogP contribution < -0.4 is 10.6 Å². The van der Waals surface area contributed by atoms with Crippen LogP contribution in [0.25, 0.3) is 0 Å². The average molecular weight is 278 g/mol. The van der Waals surface area contributed by atoms with Gasteiger partial charge in [0, 0.05) is 11.7 Å². The molecule has 1 atom stereocenters. The molecular weight excluding hydrogens is 252 g/mol. The maximum absolute atomic E-state index is 11.6. The quantitative estimate of drug-likeness (QED) is 0.794. The van der Waals surface area contributed by atoms with Crippen LogP contribution in [0, 0.1) is 5.92 Å². The summed E-state index contributed by atoms with van der Waals surface area (Å²) in [5.41, 5.74) is 1.92. The summed E-state index contributed by atoms with van der Waals surface area (Å²) in [5, 5.41) is 6.18. The van der Waals surface area contributed by atoms with Crippen LogP contribution in [-0.2, 0) is 4.74 Å². The van der Waals surface area contributed by atoms with Crippen molar-refractivity contribution >= 4 is 11.8 Å². The molecule has 0 aliphatic heterocycles. The van der Waals surface area contributed by atoms with Crippen molar-refractivity contribution in [2.45, 2.75) is 40.2 Å². The number of rotatable bonds is 7. The molecule has 0 heterocycles. The monoisotopic (exact) mass is 278 g/mol. The van der Waals surface area contributed by atoms with Crippen molar-refractivity contribution in [2.24, 2.45) is 5.92 Å². The first-order chi connectivity index (χ1) is 9.52. The van der Waals surface area contributed by atoms with E-state index in [1.807, 2.05) is 32.0 Å². The van der Waals surface area contributed by atoms with E-state index in [4.69, 9.17) is 4.74 Å². The Kier molecular flexibility index (Phi) is 7.09. The summed E-state index contributed by atoms with van der Waals surface area (Å²) in [5.74, 6) is 0.338. The zero-order valence-electron chi connectivity index (χ0n) is 12.9. The Morgan fingerprint density at radius 1 is 1.30 bits per heavy atom. The topological polar surface area (TPSA) is 50.4 Å². The van der Waals surface area contributed by atoms with Gasteiger partial charge in [0.2, 0.25) is 0 Å². The van der Waals surface area contributed by atoms with Gasteiger partial charge in [-0.25, -0.2) is 4.79 Å². The smallest absolute Gasteiger partial charge is 0.411 e. The van der Waals surface area contributed by atoms with Crippen LogP contribution >= 0.6 is 0 Å². The SMILES string of the molecule is CCCNC(C)c1cccc(NC(=O)OCC(C)C)c1. The highest BCUT2D eigenvalue weighted by molar-refractivity contribution is 5.84. The molecule has 2 N–H and O–H groups in total. The van der Waals surface area contributed by atoms with E-state index in [1.165, 1.54) is 0 Å². The molecule has 1 aromatic carbocycles. The molecular formula is C16H26N2O2.